The molecule has 0 amide bonds. The predicted octanol–water partition coefficient (Wildman–Crippen LogP) is -1.39. The third-order valence-corrected chi connectivity index (χ3v) is 3.09. The molecule has 13 heavy (non-hydrogen) atoms. The summed E-state index contributed by atoms with van der Waals surface area (Å²) >= 11 is 9.69. The van der Waals surface area contributed by atoms with E-state index in [-0.39, 0.29) is 41.1 Å². The molecule has 0 aliphatic carbocycles. The van der Waals surface area contributed by atoms with Gasteiger partial charge < -0.3 is 12.6 Å². The molecule has 0 saturated heterocycles. The van der Waals surface area contributed by atoms with Crippen molar-refractivity contribution in [3.8, 4) is 0 Å². The zero-order valence-electron chi connectivity index (χ0n) is 8.55. The van der Waals surface area contributed by atoms with Gasteiger partial charge in [-0.3, -0.25) is 0 Å². The average molecular weight is 255 g/mol. The zero-order chi connectivity index (χ0) is 10.0. The van der Waals surface area contributed by atoms with Gasteiger partial charge >= 0.3 is 29.6 Å². The molecule has 6 heteroatoms. The van der Waals surface area contributed by atoms with Crippen LogP contribution in [0.1, 0.15) is 20.3 Å². The fraction of sp³-hybridized carbons (Fsp3) is 1.00. The van der Waals surface area contributed by atoms with Gasteiger partial charge in [-0.05, 0) is 6.42 Å². The summed E-state index contributed by atoms with van der Waals surface area (Å²) in [4.78, 5) is 0. The molecule has 0 unspecified atom stereocenters. The molecule has 0 rings (SSSR count). The second-order valence-corrected chi connectivity index (χ2v) is 5.50. The van der Waals surface area contributed by atoms with E-state index in [0.29, 0.717) is 12.3 Å². The summed E-state index contributed by atoms with van der Waals surface area (Å²) < 4.78 is 21.4. The summed E-state index contributed by atoms with van der Waals surface area (Å²) in [5.41, 5.74) is 0. The number of sulfone groups is 1. The van der Waals surface area contributed by atoms with Crippen LogP contribution in [0.2, 0.25) is 0 Å². The van der Waals surface area contributed by atoms with Gasteiger partial charge in [0, 0.05) is 11.6 Å². The van der Waals surface area contributed by atoms with Crippen LogP contribution in [0.3, 0.4) is 0 Å². The Hall–Kier alpha value is 1.59. The van der Waals surface area contributed by atoms with Crippen molar-refractivity contribution >= 4 is 34.1 Å². The maximum absolute atomic E-state index is 10.7. The monoisotopic (exact) mass is 254 g/mol. The Morgan fingerprint density at radius 1 is 1.31 bits per heavy atom. The van der Waals surface area contributed by atoms with E-state index in [1.807, 2.05) is 6.92 Å². The Kier molecular flexibility index (Phi) is 21.0. The van der Waals surface area contributed by atoms with E-state index >= 15 is 0 Å². The molecular weight excluding hydrogens is 239 g/mol. The Bertz CT molecular complexity index is 171. The maximum atomic E-state index is 10.7. The summed E-state index contributed by atoms with van der Waals surface area (Å²) in [6.07, 6.45) is 0.567. The molecule has 76 valence electrons. The maximum Gasteiger partial charge on any atom is 1.00 e. The summed E-state index contributed by atoms with van der Waals surface area (Å²) in [7, 11) is -2.77. The molecule has 2 nitrogen and oxygen atoms in total. The molecule has 0 atom stereocenters. The Labute approximate surface area is 114 Å². The van der Waals surface area contributed by atoms with E-state index in [4.69, 9.17) is 11.6 Å². The second kappa shape index (κ2) is 13.6. The van der Waals surface area contributed by atoms with Crippen molar-refractivity contribution in [3.05, 3.63) is 0 Å². The van der Waals surface area contributed by atoms with Crippen LogP contribution in [-0.4, -0.2) is 31.6 Å². The first-order valence-electron chi connectivity index (χ1n) is 3.88. The van der Waals surface area contributed by atoms with E-state index in [0.717, 1.165) is 5.75 Å². The van der Waals surface area contributed by atoms with Gasteiger partial charge in [-0.2, -0.15) is 5.75 Å². The minimum atomic E-state index is -2.77. The fourth-order valence-electron chi connectivity index (χ4n) is 0.419. The molecule has 0 aliphatic rings. The van der Waals surface area contributed by atoms with Crippen LogP contribution in [0, 0.1) is 0 Å². The number of rotatable bonds is 4. The summed E-state index contributed by atoms with van der Waals surface area (Å²) in [5.74, 6) is 1.72. The van der Waals surface area contributed by atoms with Crippen LogP contribution in [0.5, 0.6) is 0 Å². The normalized spacial score (nSPS) is 9.54. The van der Waals surface area contributed by atoms with Crippen LogP contribution >= 0.6 is 11.6 Å². The molecule has 0 radical (unpaired) electrons. The van der Waals surface area contributed by atoms with Crippen LogP contribution < -0.4 is 29.6 Å². The number of hydrogen-bond acceptors (Lipinski definition) is 3. The standard InChI is InChI=1S/C5H11ClO2S.C2H6S.Na/c1-2-9(7,8)5-3-4-6;1-2-3;/h2-5H2,1H3;3H,2H2,1H3;/q;;+1/p-1. The molecule has 0 aromatic rings. The average Bonchev–Trinajstić information content (AvgIpc) is 2.03. The Morgan fingerprint density at radius 2 is 1.69 bits per heavy atom. The first-order valence-corrected chi connectivity index (χ1v) is 6.81. The van der Waals surface area contributed by atoms with Gasteiger partial charge in [0.2, 0.25) is 0 Å². The summed E-state index contributed by atoms with van der Waals surface area (Å²) in [6.45, 7) is 3.58. The summed E-state index contributed by atoms with van der Waals surface area (Å²) in [6, 6.07) is 0. The molecule has 0 fully saturated rings. The fourth-order valence-corrected chi connectivity index (χ4v) is 1.58. The minimum Gasteiger partial charge on any atom is -0.793 e. The summed E-state index contributed by atoms with van der Waals surface area (Å²) in [5, 5.41) is 0. The number of halogens is 1. The molecule has 0 saturated carbocycles. The quantitative estimate of drug-likeness (QED) is 0.352. The van der Waals surface area contributed by atoms with E-state index in [9.17, 15) is 8.42 Å². The van der Waals surface area contributed by atoms with E-state index in [2.05, 4.69) is 12.6 Å². The molecule has 0 heterocycles. The smallest absolute Gasteiger partial charge is 0.793 e. The molecule has 0 N–H and O–H groups in total. The van der Waals surface area contributed by atoms with Crippen LogP contribution in [-0.2, 0) is 22.5 Å². The van der Waals surface area contributed by atoms with Crippen LogP contribution in [0.4, 0.5) is 0 Å². The Morgan fingerprint density at radius 3 is 1.92 bits per heavy atom. The van der Waals surface area contributed by atoms with Gasteiger partial charge in [0.05, 0.1) is 5.75 Å². The van der Waals surface area contributed by atoms with Crippen molar-refractivity contribution in [3.63, 3.8) is 0 Å². The largest absolute Gasteiger partial charge is 1.00 e. The first-order chi connectivity index (χ1) is 5.54. The van der Waals surface area contributed by atoms with Gasteiger partial charge in [0.25, 0.3) is 0 Å². The number of alkyl halides is 1. The van der Waals surface area contributed by atoms with Crippen molar-refractivity contribution in [1.82, 2.24) is 0 Å². The SMILES string of the molecule is CCS(=O)(=O)CCCCl.CC[S-].[Na+]. The third-order valence-electron chi connectivity index (χ3n) is 1.03. The molecule has 0 bridgehead atoms. The molecule has 0 aliphatic heterocycles. The van der Waals surface area contributed by atoms with E-state index in [1.165, 1.54) is 0 Å². The van der Waals surface area contributed by atoms with Crippen molar-refractivity contribution in [1.29, 1.82) is 0 Å². The van der Waals surface area contributed by atoms with Crippen LogP contribution in [0.25, 0.3) is 0 Å². The zero-order valence-corrected chi connectivity index (χ0v) is 12.9. The van der Waals surface area contributed by atoms with Crippen molar-refractivity contribution in [2.24, 2.45) is 0 Å². The molecule has 0 aromatic heterocycles. The van der Waals surface area contributed by atoms with E-state index < -0.39 is 9.84 Å². The predicted molar refractivity (Wildman–Crippen MR) is 57.6 cm³/mol. The third kappa shape index (κ3) is 19.8. The Balaban J connectivity index is -0.000000220. The van der Waals surface area contributed by atoms with Gasteiger partial charge in [-0.25, -0.2) is 8.42 Å². The van der Waals surface area contributed by atoms with Gasteiger partial charge in [-0.15, -0.1) is 11.6 Å². The number of hydrogen-bond donors (Lipinski definition) is 0. The molecular formula is C7H16ClNaO2S2. The van der Waals surface area contributed by atoms with Crippen LogP contribution in [0.15, 0.2) is 0 Å². The van der Waals surface area contributed by atoms with E-state index in [1.54, 1.807) is 6.92 Å². The van der Waals surface area contributed by atoms with Crippen molar-refractivity contribution < 1.29 is 38.0 Å². The topological polar surface area (TPSA) is 34.1 Å². The second-order valence-electron chi connectivity index (χ2n) is 2.07. The molecule has 0 spiro atoms. The van der Waals surface area contributed by atoms with Gasteiger partial charge in [0.15, 0.2) is 0 Å². The van der Waals surface area contributed by atoms with Gasteiger partial charge in [0.1, 0.15) is 9.84 Å². The minimum absolute atomic E-state index is 0. The molecule has 0 aromatic carbocycles. The van der Waals surface area contributed by atoms with Gasteiger partial charge in [-0.1, -0.05) is 13.8 Å². The first kappa shape index (κ1) is 20.1. The van der Waals surface area contributed by atoms with Crippen molar-refractivity contribution in [2.45, 2.75) is 20.3 Å². The van der Waals surface area contributed by atoms with Crippen molar-refractivity contribution in [2.75, 3.05) is 23.1 Å².